The van der Waals surface area contributed by atoms with Gasteiger partial charge < -0.3 is 15.5 Å². The predicted octanol–water partition coefficient (Wildman–Crippen LogP) is 2.92. The van der Waals surface area contributed by atoms with E-state index in [1.807, 2.05) is 28.0 Å². The average molecular weight is 380 g/mol. The van der Waals surface area contributed by atoms with E-state index in [9.17, 15) is 9.59 Å². The first kappa shape index (κ1) is 20.7. The summed E-state index contributed by atoms with van der Waals surface area (Å²) in [6, 6.07) is 8.15. The third-order valence-corrected chi connectivity index (χ3v) is 5.61. The molecule has 2 N–H and O–H groups in total. The number of hydrogen-bond acceptors (Lipinski definition) is 3. The van der Waals surface area contributed by atoms with Gasteiger partial charge in [0.15, 0.2) is 0 Å². The van der Waals surface area contributed by atoms with Gasteiger partial charge in [0.05, 0.1) is 5.92 Å². The van der Waals surface area contributed by atoms with Gasteiger partial charge in [-0.05, 0) is 36.8 Å². The first-order valence-electron chi connectivity index (χ1n) is 9.45. The van der Waals surface area contributed by atoms with Crippen molar-refractivity contribution in [2.24, 2.45) is 11.7 Å². The van der Waals surface area contributed by atoms with Crippen molar-refractivity contribution in [1.29, 1.82) is 0 Å². The Labute approximate surface area is 162 Å². The molecule has 5 nitrogen and oxygen atoms in total. The number of carbonyl (C=O) groups is 2. The molecule has 3 rings (SSSR count). The molecule has 2 amide bonds. The SMILES string of the molecule is CCC(C)c1ccccc1N1CC(C(=O)N2CCCC(N)C2)CC1=O.Cl. The Kier molecular flexibility index (Phi) is 7.07. The van der Waals surface area contributed by atoms with Gasteiger partial charge >= 0.3 is 0 Å². The Morgan fingerprint density at radius 2 is 2.04 bits per heavy atom. The van der Waals surface area contributed by atoms with Crippen molar-refractivity contribution in [1.82, 2.24) is 4.90 Å². The highest BCUT2D eigenvalue weighted by atomic mass is 35.5. The lowest BCUT2D eigenvalue weighted by Crippen LogP contribution is -2.48. The van der Waals surface area contributed by atoms with Crippen LogP contribution in [0.2, 0.25) is 0 Å². The van der Waals surface area contributed by atoms with Crippen LogP contribution < -0.4 is 10.6 Å². The van der Waals surface area contributed by atoms with Crippen molar-refractivity contribution >= 4 is 29.9 Å². The number of nitrogens with two attached hydrogens (primary N) is 1. The predicted molar refractivity (Wildman–Crippen MR) is 107 cm³/mol. The largest absolute Gasteiger partial charge is 0.341 e. The standard InChI is InChI=1S/C20H29N3O2.ClH/c1-3-14(2)17-8-4-5-9-18(17)23-12-15(11-19(23)24)20(25)22-10-6-7-16(21)13-22;/h4-5,8-9,14-16H,3,6-7,10-13,21H2,1-2H3;1H. The number of anilines is 1. The van der Waals surface area contributed by atoms with Crippen LogP contribution >= 0.6 is 12.4 Å². The molecule has 2 heterocycles. The monoisotopic (exact) mass is 379 g/mol. The fraction of sp³-hybridized carbons (Fsp3) is 0.600. The molecule has 2 fully saturated rings. The van der Waals surface area contributed by atoms with Gasteiger partial charge in [-0.25, -0.2) is 0 Å². The van der Waals surface area contributed by atoms with Crippen LogP contribution in [0.1, 0.15) is 51.0 Å². The van der Waals surface area contributed by atoms with E-state index >= 15 is 0 Å². The molecule has 0 bridgehead atoms. The number of nitrogens with zero attached hydrogens (tertiary/aromatic N) is 2. The van der Waals surface area contributed by atoms with Crippen LogP contribution in [0, 0.1) is 5.92 Å². The lowest BCUT2D eigenvalue weighted by molar-refractivity contribution is -0.136. The minimum Gasteiger partial charge on any atom is -0.341 e. The van der Waals surface area contributed by atoms with Crippen molar-refractivity contribution < 1.29 is 9.59 Å². The number of hydrogen-bond donors (Lipinski definition) is 1. The molecule has 0 radical (unpaired) electrons. The summed E-state index contributed by atoms with van der Waals surface area (Å²) in [6.45, 7) is 6.20. The van der Waals surface area contributed by atoms with Gasteiger partial charge in [0.2, 0.25) is 11.8 Å². The molecule has 0 saturated carbocycles. The Morgan fingerprint density at radius 1 is 1.31 bits per heavy atom. The van der Waals surface area contributed by atoms with Gasteiger partial charge in [-0.3, -0.25) is 9.59 Å². The summed E-state index contributed by atoms with van der Waals surface area (Å²) in [4.78, 5) is 29.1. The van der Waals surface area contributed by atoms with E-state index in [1.165, 1.54) is 5.56 Å². The lowest BCUT2D eigenvalue weighted by atomic mass is 9.96. The highest BCUT2D eigenvalue weighted by Crippen LogP contribution is 2.34. The number of para-hydroxylation sites is 1. The van der Waals surface area contributed by atoms with Crippen LogP contribution in [0.4, 0.5) is 5.69 Å². The van der Waals surface area contributed by atoms with E-state index in [0.29, 0.717) is 25.4 Å². The fourth-order valence-corrected chi connectivity index (χ4v) is 3.94. The quantitative estimate of drug-likeness (QED) is 0.874. The Bertz CT molecular complexity index is 652. The molecule has 2 aliphatic heterocycles. The second kappa shape index (κ2) is 8.87. The van der Waals surface area contributed by atoms with E-state index in [0.717, 1.165) is 31.5 Å². The topological polar surface area (TPSA) is 66.6 Å². The summed E-state index contributed by atoms with van der Waals surface area (Å²) in [5, 5.41) is 0. The minimum absolute atomic E-state index is 0. The number of carbonyl (C=O) groups excluding carboxylic acids is 2. The van der Waals surface area contributed by atoms with E-state index in [2.05, 4.69) is 19.9 Å². The van der Waals surface area contributed by atoms with E-state index < -0.39 is 0 Å². The average Bonchev–Trinajstić information content (AvgIpc) is 3.02. The molecule has 0 aliphatic carbocycles. The minimum atomic E-state index is -0.247. The number of amides is 2. The molecule has 1 aromatic rings. The van der Waals surface area contributed by atoms with Gasteiger partial charge in [-0.15, -0.1) is 12.4 Å². The zero-order valence-electron chi connectivity index (χ0n) is 15.7. The summed E-state index contributed by atoms with van der Waals surface area (Å²) < 4.78 is 0. The zero-order chi connectivity index (χ0) is 18.0. The summed E-state index contributed by atoms with van der Waals surface area (Å²) in [7, 11) is 0. The first-order valence-corrected chi connectivity index (χ1v) is 9.45. The van der Waals surface area contributed by atoms with Crippen LogP contribution in [0.25, 0.3) is 0 Å². The molecule has 1 aromatic carbocycles. The Balaban J connectivity index is 0.00000243. The Morgan fingerprint density at radius 3 is 2.73 bits per heavy atom. The number of likely N-dealkylation sites (tertiary alicyclic amines) is 1. The van der Waals surface area contributed by atoms with Gasteiger partial charge in [-0.1, -0.05) is 32.0 Å². The third kappa shape index (κ3) is 4.21. The molecule has 0 aromatic heterocycles. The van der Waals surface area contributed by atoms with Crippen molar-refractivity contribution in [2.45, 2.75) is 51.5 Å². The highest BCUT2D eigenvalue weighted by molar-refractivity contribution is 6.01. The number of rotatable bonds is 4. The molecule has 3 atom stereocenters. The third-order valence-electron chi connectivity index (χ3n) is 5.61. The van der Waals surface area contributed by atoms with Crippen molar-refractivity contribution in [2.75, 3.05) is 24.5 Å². The summed E-state index contributed by atoms with van der Waals surface area (Å²) in [6.07, 6.45) is 3.25. The van der Waals surface area contributed by atoms with Crippen molar-refractivity contribution in [3.05, 3.63) is 29.8 Å². The molecule has 3 unspecified atom stereocenters. The summed E-state index contributed by atoms with van der Waals surface area (Å²) in [5.41, 5.74) is 8.16. The molecule has 2 aliphatic rings. The zero-order valence-corrected chi connectivity index (χ0v) is 16.5. The maximum atomic E-state index is 12.8. The van der Waals surface area contributed by atoms with Crippen molar-refractivity contribution in [3.8, 4) is 0 Å². The summed E-state index contributed by atoms with van der Waals surface area (Å²) in [5.74, 6) is 0.282. The second-order valence-corrected chi connectivity index (χ2v) is 7.46. The number of piperidine rings is 1. The van der Waals surface area contributed by atoms with Crippen LogP contribution in [-0.2, 0) is 9.59 Å². The van der Waals surface area contributed by atoms with Gasteiger partial charge in [0, 0.05) is 37.8 Å². The molecular weight excluding hydrogens is 350 g/mol. The molecule has 144 valence electrons. The van der Waals surface area contributed by atoms with Gasteiger partial charge in [-0.2, -0.15) is 0 Å². The van der Waals surface area contributed by atoms with Crippen LogP contribution in [-0.4, -0.2) is 42.4 Å². The molecular formula is C20H30ClN3O2. The normalized spacial score (nSPS) is 24.3. The van der Waals surface area contributed by atoms with E-state index in [1.54, 1.807) is 0 Å². The van der Waals surface area contributed by atoms with Crippen molar-refractivity contribution in [3.63, 3.8) is 0 Å². The number of halogens is 1. The Hall–Kier alpha value is -1.59. The molecule has 2 saturated heterocycles. The van der Waals surface area contributed by atoms with E-state index in [-0.39, 0.29) is 36.2 Å². The van der Waals surface area contributed by atoms with Gasteiger partial charge in [0.1, 0.15) is 0 Å². The smallest absolute Gasteiger partial charge is 0.228 e. The van der Waals surface area contributed by atoms with E-state index in [4.69, 9.17) is 5.73 Å². The molecule has 6 heteroatoms. The first-order chi connectivity index (χ1) is 12.0. The summed E-state index contributed by atoms with van der Waals surface area (Å²) >= 11 is 0. The van der Waals surface area contributed by atoms with Crippen LogP contribution in [0.5, 0.6) is 0 Å². The maximum Gasteiger partial charge on any atom is 0.228 e. The van der Waals surface area contributed by atoms with Crippen LogP contribution in [0.15, 0.2) is 24.3 Å². The van der Waals surface area contributed by atoms with Crippen LogP contribution in [0.3, 0.4) is 0 Å². The maximum absolute atomic E-state index is 12.8. The number of benzene rings is 1. The second-order valence-electron chi connectivity index (χ2n) is 7.46. The highest BCUT2D eigenvalue weighted by Gasteiger charge is 2.38. The lowest BCUT2D eigenvalue weighted by Gasteiger charge is -2.32. The molecule has 0 spiro atoms. The molecule has 26 heavy (non-hydrogen) atoms. The fourth-order valence-electron chi connectivity index (χ4n) is 3.94. The van der Waals surface area contributed by atoms with Gasteiger partial charge in [0.25, 0.3) is 0 Å².